The number of unbranched alkanes of at least 4 members (excludes halogenated alkanes) is 2. The van der Waals surface area contributed by atoms with Crippen LogP contribution in [0.4, 0.5) is 5.69 Å². The molecule has 3 rings (SSSR count). The Balaban J connectivity index is 1.51. The number of carboxylic acids is 1. The molecule has 0 saturated carbocycles. The predicted molar refractivity (Wildman–Crippen MR) is 116 cm³/mol. The smallest absolute Gasteiger partial charge is 0.345 e. The number of carbonyl (C=O) groups is 2. The fourth-order valence-electron chi connectivity index (χ4n) is 3.82. The van der Waals surface area contributed by atoms with E-state index < -0.39 is 12.1 Å². The van der Waals surface area contributed by atoms with Crippen molar-refractivity contribution < 1.29 is 19.8 Å². The highest BCUT2D eigenvalue weighted by atomic mass is 32.1. The number of nitrogens with zero attached hydrogens (tertiary/aromatic N) is 1. The number of amides is 1. The molecule has 1 fully saturated rings. The number of aliphatic hydroxyl groups is 1. The van der Waals surface area contributed by atoms with Crippen LogP contribution in [0, 0.1) is 0 Å². The number of hydrogen-bond donors (Lipinski definition) is 2. The molecule has 1 aromatic carbocycles. The zero-order valence-electron chi connectivity index (χ0n) is 16.8. The number of hydrogen-bond acceptors (Lipinski definition) is 4. The topological polar surface area (TPSA) is 77.8 Å². The van der Waals surface area contributed by atoms with E-state index in [-0.39, 0.29) is 11.9 Å². The van der Waals surface area contributed by atoms with Gasteiger partial charge in [0.25, 0.3) is 0 Å². The lowest BCUT2D eigenvalue weighted by molar-refractivity contribution is -0.124. The second-order valence-electron chi connectivity index (χ2n) is 7.69. The first kappa shape index (κ1) is 21.5. The van der Waals surface area contributed by atoms with E-state index in [0.29, 0.717) is 11.3 Å². The Morgan fingerprint density at radius 3 is 2.55 bits per heavy atom. The second kappa shape index (κ2) is 10.0. The molecule has 5 nitrogen and oxygen atoms in total. The average molecular weight is 416 g/mol. The summed E-state index contributed by atoms with van der Waals surface area (Å²) < 4.78 is 0. The standard InChI is InChI=1S/C23H29NO4S/c1-2-3-4-8-20(25)16-9-11-17(12-10-16)24-18(15-22(24)26)6-5-7-19-13-14-21(29-19)23(27)28/h9-14,18,20,25H,2-8,15H2,1H3,(H,27,28)/t18-,20?/m0/s1. The van der Waals surface area contributed by atoms with Gasteiger partial charge in [-0.15, -0.1) is 11.3 Å². The van der Waals surface area contributed by atoms with E-state index in [4.69, 9.17) is 5.11 Å². The van der Waals surface area contributed by atoms with Gasteiger partial charge in [0.1, 0.15) is 4.88 Å². The van der Waals surface area contributed by atoms with Gasteiger partial charge in [-0.2, -0.15) is 0 Å². The van der Waals surface area contributed by atoms with Gasteiger partial charge in [0.15, 0.2) is 0 Å². The van der Waals surface area contributed by atoms with E-state index in [0.717, 1.165) is 61.1 Å². The largest absolute Gasteiger partial charge is 0.477 e. The molecule has 6 heteroatoms. The van der Waals surface area contributed by atoms with Crippen molar-refractivity contribution in [2.75, 3.05) is 4.90 Å². The second-order valence-corrected chi connectivity index (χ2v) is 8.86. The van der Waals surface area contributed by atoms with Crippen LogP contribution >= 0.6 is 11.3 Å². The number of carboxylic acid groups (broad SMARTS) is 1. The Bertz CT molecular complexity index is 830. The molecule has 0 aliphatic carbocycles. The molecule has 1 amide bonds. The molecule has 2 atom stereocenters. The van der Waals surface area contributed by atoms with Crippen molar-refractivity contribution in [1.82, 2.24) is 0 Å². The van der Waals surface area contributed by atoms with Gasteiger partial charge in [0.2, 0.25) is 5.91 Å². The highest BCUT2D eigenvalue weighted by molar-refractivity contribution is 7.13. The molecule has 2 aromatic rings. The van der Waals surface area contributed by atoms with E-state index in [1.165, 1.54) is 11.3 Å². The predicted octanol–water partition coefficient (Wildman–Crippen LogP) is 5.19. The van der Waals surface area contributed by atoms with Crippen LogP contribution in [0.1, 0.15) is 78.1 Å². The Kier molecular flexibility index (Phi) is 7.45. The Morgan fingerprint density at radius 1 is 1.17 bits per heavy atom. The van der Waals surface area contributed by atoms with Gasteiger partial charge in [-0.05, 0) is 55.5 Å². The summed E-state index contributed by atoms with van der Waals surface area (Å²) in [6, 6.07) is 11.4. The van der Waals surface area contributed by atoms with E-state index >= 15 is 0 Å². The minimum absolute atomic E-state index is 0.135. The molecular formula is C23H29NO4S. The molecule has 0 bridgehead atoms. The van der Waals surface area contributed by atoms with E-state index in [9.17, 15) is 14.7 Å². The number of aliphatic hydroxyl groups excluding tert-OH is 1. The van der Waals surface area contributed by atoms with Gasteiger partial charge in [-0.1, -0.05) is 38.3 Å². The lowest BCUT2D eigenvalue weighted by Gasteiger charge is -2.40. The van der Waals surface area contributed by atoms with Gasteiger partial charge in [0, 0.05) is 23.0 Å². The maximum absolute atomic E-state index is 12.2. The first-order valence-corrected chi connectivity index (χ1v) is 11.2. The SMILES string of the molecule is CCCCCC(O)c1ccc(N2C(=O)C[C@@H]2CCCc2ccc(C(=O)O)s2)cc1. The van der Waals surface area contributed by atoms with Gasteiger partial charge in [-0.3, -0.25) is 4.79 Å². The monoisotopic (exact) mass is 415 g/mol. The summed E-state index contributed by atoms with van der Waals surface area (Å²) in [7, 11) is 0. The summed E-state index contributed by atoms with van der Waals surface area (Å²) in [5, 5.41) is 19.3. The van der Waals surface area contributed by atoms with Crippen LogP contribution in [0.3, 0.4) is 0 Å². The molecule has 2 N–H and O–H groups in total. The van der Waals surface area contributed by atoms with Crippen LogP contribution in [0.15, 0.2) is 36.4 Å². The number of thiophene rings is 1. The summed E-state index contributed by atoms with van der Waals surface area (Å²) in [6.07, 6.45) is 6.82. The molecular weight excluding hydrogens is 386 g/mol. The Labute approximate surface area is 176 Å². The molecule has 1 aromatic heterocycles. The summed E-state index contributed by atoms with van der Waals surface area (Å²) in [5.74, 6) is -0.744. The molecule has 1 aliphatic rings. The quantitative estimate of drug-likeness (QED) is 0.391. The number of carbonyl (C=O) groups excluding carboxylic acids is 1. The third-order valence-electron chi connectivity index (χ3n) is 5.51. The van der Waals surface area contributed by atoms with Gasteiger partial charge in [0.05, 0.1) is 6.10 Å². The number of aromatic carboxylic acids is 1. The molecule has 29 heavy (non-hydrogen) atoms. The van der Waals surface area contributed by atoms with Crippen LogP contribution in [0.2, 0.25) is 0 Å². The molecule has 0 radical (unpaired) electrons. The molecule has 2 heterocycles. The van der Waals surface area contributed by atoms with E-state index in [1.807, 2.05) is 35.2 Å². The average Bonchev–Trinajstić information content (AvgIpc) is 3.17. The van der Waals surface area contributed by atoms with Crippen molar-refractivity contribution in [3.05, 3.63) is 51.7 Å². The first-order chi connectivity index (χ1) is 14.0. The third kappa shape index (κ3) is 5.46. The fraction of sp³-hybridized carbons (Fsp3) is 0.478. The fourth-order valence-corrected chi connectivity index (χ4v) is 4.71. The summed E-state index contributed by atoms with van der Waals surface area (Å²) in [4.78, 5) is 26.4. The third-order valence-corrected chi connectivity index (χ3v) is 6.65. The first-order valence-electron chi connectivity index (χ1n) is 10.4. The number of aryl methyl sites for hydroxylation is 1. The molecule has 156 valence electrons. The van der Waals surface area contributed by atoms with Crippen LogP contribution in [0.25, 0.3) is 0 Å². The highest BCUT2D eigenvalue weighted by Crippen LogP contribution is 2.32. The number of benzene rings is 1. The van der Waals surface area contributed by atoms with Gasteiger partial charge in [-0.25, -0.2) is 4.79 Å². The summed E-state index contributed by atoms with van der Waals surface area (Å²) in [5.41, 5.74) is 1.79. The van der Waals surface area contributed by atoms with E-state index in [2.05, 4.69) is 6.92 Å². The Morgan fingerprint density at radius 2 is 1.93 bits per heavy atom. The number of rotatable bonds is 11. The minimum Gasteiger partial charge on any atom is -0.477 e. The normalized spacial score (nSPS) is 17.2. The van der Waals surface area contributed by atoms with Gasteiger partial charge < -0.3 is 15.1 Å². The molecule has 1 aliphatic heterocycles. The van der Waals surface area contributed by atoms with Crippen LogP contribution in [0.5, 0.6) is 0 Å². The van der Waals surface area contributed by atoms with Crippen molar-refractivity contribution in [3.8, 4) is 0 Å². The summed E-state index contributed by atoms with van der Waals surface area (Å²) in [6.45, 7) is 2.15. The molecule has 0 spiro atoms. The van der Waals surface area contributed by atoms with Crippen LogP contribution < -0.4 is 4.90 Å². The Hall–Kier alpha value is -2.18. The van der Waals surface area contributed by atoms with Crippen LogP contribution in [-0.2, 0) is 11.2 Å². The lowest BCUT2D eigenvalue weighted by Crippen LogP contribution is -2.52. The highest BCUT2D eigenvalue weighted by Gasteiger charge is 2.36. The van der Waals surface area contributed by atoms with E-state index in [1.54, 1.807) is 6.07 Å². The van der Waals surface area contributed by atoms with Gasteiger partial charge >= 0.3 is 5.97 Å². The minimum atomic E-state index is -0.879. The zero-order valence-corrected chi connectivity index (χ0v) is 17.7. The van der Waals surface area contributed by atoms with Crippen molar-refractivity contribution in [1.29, 1.82) is 0 Å². The van der Waals surface area contributed by atoms with Crippen LogP contribution in [-0.4, -0.2) is 28.1 Å². The zero-order chi connectivity index (χ0) is 20.8. The van der Waals surface area contributed by atoms with Crippen molar-refractivity contribution in [3.63, 3.8) is 0 Å². The maximum Gasteiger partial charge on any atom is 0.345 e. The van der Waals surface area contributed by atoms with Crippen molar-refractivity contribution in [2.45, 2.75) is 70.4 Å². The number of anilines is 1. The lowest BCUT2D eigenvalue weighted by atomic mass is 9.94. The molecule has 1 unspecified atom stereocenters. The van der Waals surface area contributed by atoms with Crippen molar-refractivity contribution >= 4 is 28.9 Å². The number of β-lactam (4-membered cyclic amide) rings is 1. The molecule has 1 saturated heterocycles. The van der Waals surface area contributed by atoms with Crippen molar-refractivity contribution in [2.24, 2.45) is 0 Å². The summed E-state index contributed by atoms with van der Waals surface area (Å²) >= 11 is 1.32. The maximum atomic E-state index is 12.2.